The molecule has 0 saturated heterocycles. The quantitative estimate of drug-likeness (QED) is 0.390. The van der Waals surface area contributed by atoms with E-state index in [1.54, 1.807) is 12.4 Å². The average molecular weight is 448 g/mol. The Bertz CT molecular complexity index is 1010. The van der Waals surface area contributed by atoms with E-state index in [4.69, 9.17) is 0 Å². The van der Waals surface area contributed by atoms with Gasteiger partial charge in [0, 0.05) is 54.1 Å². The molecule has 2 heterocycles. The van der Waals surface area contributed by atoms with Crippen LogP contribution in [0.3, 0.4) is 0 Å². The maximum Gasteiger partial charge on any atom is 0.100 e. The Balaban J connectivity index is 0.00000225. The van der Waals surface area contributed by atoms with E-state index in [-0.39, 0.29) is 19.5 Å². The van der Waals surface area contributed by atoms with Crippen molar-refractivity contribution >= 4 is 0 Å². The van der Waals surface area contributed by atoms with Gasteiger partial charge in [-0.1, -0.05) is 72.8 Å². The van der Waals surface area contributed by atoms with E-state index >= 15 is 0 Å². The molecule has 0 aliphatic carbocycles. The van der Waals surface area contributed by atoms with Crippen molar-refractivity contribution in [1.29, 1.82) is 5.26 Å². The number of hydrogen-bond acceptors (Lipinski definition) is 3. The van der Waals surface area contributed by atoms with Crippen molar-refractivity contribution in [1.82, 2.24) is 9.97 Å². The molecule has 0 radical (unpaired) electrons. The number of aromatic nitrogens is 2. The Morgan fingerprint density at radius 1 is 0.607 bits per heavy atom. The van der Waals surface area contributed by atoms with Crippen LogP contribution in [0.15, 0.2) is 97.3 Å². The zero-order chi connectivity index (χ0) is 18.5. The fourth-order valence-corrected chi connectivity index (χ4v) is 3.28. The second-order valence-electron chi connectivity index (χ2n) is 6.18. The van der Waals surface area contributed by atoms with Crippen LogP contribution >= 0.6 is 0 Å². The fourth-order valence-electron chi connectivity index (χ4n) is 3.28. The second-order valence-corrected chi connectivity index (χ2v) is 6.18. The SMILES string of the molecule is N#CC(c1cccnc1-c1ccccc1)c1cccnc1-c1ccccc1.[Ru]. The summed E-state index contributed by atoms with van der Waals surface area (Å²) in [7, 11) is 0. The van der Waals surface area contributed by atoms with Crippen molar-refractivity contribution in [3.05, 3.63) is 108 Å². The largest absolute Gasteiger partial charge is 0.256 e. The van der Waals surface area contributed by atoms with Crippen molar-refractivity contribution in [2.75, 3.05) is 0 Å². The van der Waals surface area contributed by atoms with Gasteiger partial charge in [-0.05, 0) is 12.1 Å². The number of hydrogen-bond donors (Lipinski definition) is 0. The average Bonchev–Trinajstić information content (AvgIpc) is 2.76. The topological polar surface area (TPSA) is 49.6 Å². The summed E-state index contributed by atoms with van der Waals surface area (Å²) < 4.78 is 0. The first-order chi connectivity index (χ1) is 13.4. The molecule has 4 heteroatoms. The van der Waals surface area contributed by atoms with Crippen molar-refractivity contribution in [3.8, 4) is 28.6 Å². The molecule has 2 aromatic heterocycles. The summed E-state index contributed by atoms with van der Waals surface area (Å²) in [4.78, 5) is 9.15. The Hall–Kier alpha value is -3.15. The third-order valence-electron chi connectivity index (χ3n) is 4.52. The van der Waals surface area contributed by atoms with Gasteiger partial charge in [-0.3, -0.25) is 9.97 Å². The minimum Gasteiger partial charge on any atom is -0.256 e. The van der Waals surface area contributed by atoms with Crippen LogP contribution in [-0.2, 0) is 19.5 Å². The predicted octanol–water partition coefficient (Wildman–Crippen LogP) is 5.46. The molecule has 0 unspecified atom stereocenters. The molecule has 3 nitrogen and oxygen atoms in total. The van der Waals surface area contributed by atoms with Gasteiger partial charge in [0.15, 0.2) is 0 Å². The summed E-state index contributed by atoms with van der Waals surface area (Å²) in [6.07, 6.45) is 3.53. The number of nitriles is 1. The molecule has 0 spiro atoms. The summed E-state index contributed by atoms with van der Waals surface area (Å²) in [6.45, 7) is 0. The maximum absolute atomic E-state index is 10.1. The van der Waals surface area contributed by atoms with E-state index in [0.717, 1.165) is 33.6 Å². The molecule has 136 valence electrons. The van der Waals surface area contributed by atoms with Crippen LogP contribution in [0.25, 0.3) is 22.5 Å². The first-order valence-electron chi connectivity index (χ1n) is 8.79. The zero-order valence-corrected chi connectivity index (χ0v) is 16.7. The van der Waals surface area contributed by atoms with Crippen LogP contribution in [0, 0.1) is 11.3 Å². The Labute approximate surface area is 177 Å². The van der Waals surface area contributed by atoms with Crippen LogP contribution < -0.4 is 0 Å². The summed E-state index contributed by atoms with van der Waals surface area (Å²) in [5.41, 5.74) is 5.42. The van der Waals surface area contributed by atoms with Crippen molar-refractivity contribution < 1.29 is 19.5 Å². The molecule has 0 fully saturated rings. The first kappa shape index (κ1) is 19.6. The Morgan fingerprint density at radius 3 is 1.43 bits per heavy atom. The molecular formula is C24H17N3Ru. The van der Waals surface area contributed by atoms with Crippen molar-refractivity contribution in [2.24, 2.45) is 0 Å². The maximum atomic E-state index is 10.1. The van der Waals surface area contributed by atoms with Crippen LogP contribution in [0.5, 0.6) is 0 Å². The molecule has 28 heavy (non-hydrogen) atoms. The Kier molecular flexibility index (Phi) is 6.42. The first-order valence-corrected chi connectivity index (χ1v) is 8.79. The molecule has 0 saturated carbocycles. The molecule has 2 aromatic carbocycles. The predicted molar refractivity (Wildman–Crippen MR) is 107 cm³/mol. The molecular weight excluding hydrogens is 431 g/mol. The molecule has 0 amide bonds. The zero-order valence-electron chi connectivity index (χ0n) is 15.0. The smallest absolute Gasteiger partial charge is 0.100 e. The standard InChI is InChI=1S/C24H17N3.Ru/c25-17-22(20-13-7-15-26-23(20)18-9-3-1-4-10-18)21-14-8-16-27-24(21)19-11-5-2-6-12-19;/h1-16,22H;. The van der Waals surface area contributed by atoms with E-state index in [2.05, 4.69) is 16.0 Å². The van der Waals surface area contributed by atoms with Gasteiger partial charge in [0.25, 0.3) is 0 Å². The van der Waals surface area contributed by atoms with Gasteiger partial charge in [-0.2, -0.15) is 5.26 Å². The van der Waals surface area contributed by atoms with E-state index in [1.165, 1.54) is 0 Å². The van der Waals surface area contributed by atoms with Crippen molar-refractivity contribution in [3.63, 3.8) is 0 Å². The molecule has 0 aliphatic rings. The van der Waals surface area contributed by atoms with E-state index in [1.807, 2.05) is 84.9 Å². The third kappa shape index (κ3) is 3.91. The molecule has 4 rings (SSSR count). The summed E-state index contributed by atoms with van der Waals surface area (Å²) in [5, 5.41) is 10.1. The van der Waals surface area contributed by atoms with Crippen LogP contribution in [0.1, 0.15) is 17.0 Å². The molecule has 0 N–H and O–H groups in total. The van der Waals surface area contributed by atoms with E-state index in [9.17, 15) is 5.26 Å². The molecule has 4 aromatic rings. The second kappa shape index (κ2) is 9.17. The van der Waals surface area contributed by atoms with Gasteiger partial charge in [0.2, 0.25) is 0 Å². The van der Waals surface area contributed by atoms with E-state index in [0.29, 0.717) is 0 Å². The van der Waals surface area contributed by atoms with Crippen molar-refractivity contribution in [2.45, 2.75) is 5.92 Å². The summed E-state index contributed by atoms with van der Waals surface area (Å²) in [5.74, 6) is -0.460. The Morgan fingerprint density at radius 2 is 1.04 bits per heavy atom. The third-order valence-corrected chi connectivity index (χ3v) is 4.52. The van der Waals surface area contributed by atoms with Crippen LogP contribution in [-0.4, -0.2) is 9.97 Å². The van der Waals surface area contributed by atoms with Gasteiger partial charge in [-0.15, -0.1) is 0 Å². The molecule has 0 atom stereocenters. The van der Waals surface area contributed by atoms with Crippen LogP contribution in [0.4, 0.5) is 0 Å². The van der Waals surface area contributed by atoms with Gasteiger partial charge in [0.05, 0.1) is 17.5 Å². The van der Waals surface area contributed by atoms with Gasteiger partial charge >= 0.3 is 0 Å². The number of nitrogens with zero attached hydrogens (tertiary/aromatic N) is 3. The minimum atomic E-state index is -0.460. The number of benzene rings is 2. The van der Waals surface area contributed by atoms with E-state index < -0.39 is 5.92 Å². The van der Waals surface area contributed by atoms with Gasteiger partial charge < -0.3 is 0 Å². The van der Waals surface area contributed by atoms with Gasteiger partial charge in [-0.25, -0.2) is 0 Å². The monoisotopic (exact) mass is 449 g/mol. The fraction of sp³-hybridized carbons (Fsp3) is 0.0417. The molecule has 0 aliphatic heterocycles. The normalized spacial score (nSPS) is 10.1. The summed E-state index contributed by atoms with van der Waals surface area (Å²) >= 11 is 0. The van der Waals surface area contributed by atoms with Crippen LogP contribution in [0.2, 0.25) is 0 Å². The summed E-state index contributed by atoms with van der Waals surface area (Å²) in [6, 6.07) is 30.1. The number of pyridine rings is 2. The number of rotatable bonds is 4. The molecule has 0 bridgehead atoms. The minimum absolute atomic E-state index is 0. The van der Waals surface area contributed by atoms with Gasteiger partial charge in [0.1, 0.15) is 5.92 Å².